The number of anilines is 3. The Morgan fingerprint density at radius 1 is 1.24 bits per heavy atom. The first-order chi connectivity index (χ1) is 17.9. The molecule has 0 atom stereocenters. The molecule has 3 N–H and O–H groups in total. The highest BCUT2D eigenvalue weighted by Gasteiger charge is 2.46. The van der Waals surface area contributed by atoms with E-state index in [2.05, 4.69) is 36.2 Å². The summed E-state index contributed by atoms with van der Waals surface area (Å²) in [7, 11) is 8.72. The van der Waals surface area contributed by atoms with Crippen LogP contribution in [-0.2, 0) is 7.05 Å². The lowest BCUT2D eigenvalue weighted by Crippen LogP contribution is -2.61. The molecule has 0 spiro atoms. The third kappa shape index (κ3) is 5.69. The minimum Gasteiger partial charge on any atom is -0.494 e. The van der Waals surface area contributed by atoms with Gasteiger partial charge in [-0.25, -0.2) is 14.2 Å². The molecule has 3 amide bonds. The van der Waals surface area contributed by atoms with Gasteiger partial charge in [-0.3, -0.25) is 14.8 Å². The average molecular weight is 516 g/mol. The average Bonchev–Trinajstić information content (AvgIpc) is 3.26. The van der Waals surface area contributed by atoms with Crippen LogP contribution in [0.3, 0.4) is 0 Å². The molecule has 1 fully saturated rings. The third-order valence-corrected chi connectivity index (χ3v) is 5.43. The number of para-hydroxylation sites is 1. The van der Waals surface area contributed by atoms with Gasteiger partial charge < -0.3 is 20.3 Å². The molecular weight excluding hydrogens is 492 g/mol. The van der Waals surface area contributed by atoms with E-state index in [1.54, 1.807) is 36.3 Å². The molecule has 4 rings (SSSR count). The van der Waals surface area contributed by atoms with E-state index in [1.165, 1.54) is 19.2 Å². The Balaban J connectivity index is 1.67. The Labute approximate surface area is 220 Å². The highest BCUT2D eigenvalue weighted by Crippen LogP contribution is 2.37. The van der Waals surface area contributed by atoms with Crippen LogP contribution in [0.2, 0.25) is 0 Å². The molecular formula is C21H24B3FN10O3. The van der Waals surface area contributed by atoms with Crippen molar-refractivity contribution in [2.24, 2.45) is 7.05 Å². The van der Waals surface area contributed by atoms with Crippen LogP contribution in [0.5, 0.6) is 5.75 Å². The summed E-state index contributed by atoms with van der Waals surface area (Å²) in [5.41, 5.74) is -0.778. The van der Waals surface area contributed by atoms with Gasteiger partial charge in [0.1, 0.15) is 35.9 Å². The van der Waals surface area contributed by atoms with Crippen molar-refractivity contribution in [1.29, 1.82) is 5.26 Å². The number of hydrogen-bond acceptors (Lipinski definition) is 9. The predicted octanol–water partition coefficient (Wildman–Crippen LogP) is -1.66. The number of nitrogens with zero attached hydrogens (tertiary/aromatic N) is 7. The fourth-order valence-corrected chi connectivity index (χ4v) is 3.72. The van der Waals surface area contributed by atoms with Gasteiger partial charge in [0.2, 0.25) is 5.67 Å². The highest BCUT2D eigenvalue weighted by atomic mass is 19.1. The Bertz CT molecular complexity index is 1430. The number of methoxy groups -OCH3 is 1. The SMILES string of the molecule is BC(B)(B)NC(=O)c1nnc(NC(=O)N2CC(F)(C#N)C2)cc1Nc1cccc(-c2ncn(C)n2)c1OC. The smallest absolute Gasteiger partial charge is 0.323 e. The van der Waals surface area contributed by atoms with Gasteiger partial charge >= 0.3 is 6.03 Å². The standard InChI is InChI=1S/C21H24B3FN10O3/c1-34-10-27-17(33-34)11-4-3-5-12(16(11)38-2)28-13-6-14(29-19(37)35-8-20(25,7-26)9-35)31-32-15(13)18(36)30-21(22,23)24/h3-6,10H,8-9,22-24H2,1-2H3,(H,30,36)(H2,28,29,31,37). The molecule has 1 aliphatic rings. The maximum Gasteiger partial charge on any atom is 0.323 e. The Kier molecular flexibility index (Phi) is 6.99. The fraction of sp³-hybridized carbons (Fsp3) is 0.286. The molecule has 1 aliphatic heterocycles. The van der Waals surface area contributed by atoms with Crippen molar-refractivity contribution < 1.29 is 18.7 Å². The van der Waals surface area contributed by atoms with Gasteiger partial charge in [0, 0.05) is 13.1 Å². The first-order valence-electron chi connectivity index (χ1n) is 11.6. The zero-order valence-corrected chi connectivity index (χ0v) is 21.5. The quantitative estimate of drug-likeness (QED) is 0.313. The topological polar surface area (TPSA) is 163 Å². The molecule has 3 aromatic rings. The Morgan fingerprint density at radius 3 is 2.58 bits per heavy atom. The van der Waals surface area contributed by atoms with Gasteiger partial charge in [-0.15, -0.1) is 10.2 Å². The number of hydrogen-bond donors (Lipinski definition) is 3. The normalized spacial score (nSPS) is 14.1. The summed E-state index contributed by atoms with van der Waals surface area (Å²) in [6.07, 6.45) is 1.56. The van der Waals surface area contributed by atoms with Crippen LogP contribution in [0.25, 0.3) is 11.4 Å². The number of alkyl halides is 1. The summed E-state index contributed by atoms with van der Waals surface area (Å²) < 4.78 is 21.1. The number of rotatable bonds is 7. The van der Waals surface area contributed by atoms with Gasteiger partial charge in [-0.05, 0) is 17.4 Å². The van der Waals surface area contributed by atoms with Gasteiger partial charge in [0.05, 0.1) is 37.1 Å². The number of aromatic nitrogens is 5. The van der Waals surface area contributed by atoms with Gasteiger partial charge in [0.25, 0.3) is 5.91 Å². The van der Waals surface area contributed by atoms with E-state index in [0.717, 1.165) is 4.90 Å². The van der Waals surface area contributed by atoms with Crippen LogP contribution in [0.4, 0.5) is 26.4 Å². The van der Waals surface area contributed by atoms with E-state index < -0.39 is 22.8 Å². The van der Waals surface area contributed by atoms with Crippen molar-refractivity contribution in [1.82, 2.24) is 35.2 Å². The number of benzene rings is 1. The maximum absolute atomic E-state index is 13.9. The van der Waals surface area contributed by atoms with Crippen LogP contribution in [-0.4, -0.2) is 96.4 Å². The summed E-state index contributed by atoms with van der Waals surface area (Å²) in [5, 5.41) is 29.1. The minimum atomic E-state index is -2.06. The number of likely N-dealkylation sites (tertiary alicyclic amines) is 1. The number of carbonyl (C=O) groups excluding carboxylic acids is 2. The van der Waals surface area contributed by atoms with Gasteiger partial charge in [-0.2, -0.15) is 10.4 Å². The van der Waals surface area contributed by atoms with Gasteiger partial charge in [0.15, 0.2) is 23.1 Å². The number of ether oxygens (including phenoxy) is 1. The second kappa shape index (κ2) is 10.0. The van der Waals surface area contributed by atoms with Crippen molar-refractivity contribution in [3.8, 4) is 23.2 Å². The van der Waals surface area contributed by atoms with Crippen LogP contribution in [0, 0.1) is 11.3 Å². The summed E-state index contributed by atoms with van der Waals surface area (Å²) in [6, 6.07) is 7.61. The number of amides is 3. The second-order valence-electron chi connectivity index (χ2n) is 9.81. The van der Waals surface area contributed by atoms with Crippen molar-refractivity contribution in [2.75, 3.05) is 30.8 Å². The monoisotopic (exact) mass is 516 g/mol. The summed E-state index contributed by atoms with van der Waals surface area (Å²) in [4.78, 5) is 31.0. The molecule has 38 heavy (non-hydrogen) atoms. The molecule has 3 heterocycles. The lowest BCUT2D eigenvalue weighted by atomic mass is 9.49. The molecule has 13 nitrogen and oxygen atoms in total. The van der Waals surface area contributed by atoms with Crippen molar-refractivity contribution in [2.45, 2.75) is 10.9 Å². The molecule has 2 aromatic heterocycles. The molecule has 0 unspecified atom stereocenters. The fourth-order valence-electron chi connectivity index (χ4n) is 3.72. The van der Waals surface area contributed by atoms with E-state index in [1.807, 2.05) is 23.5 Å². The van der Waals surface area contributed by atoms with Crippen LogP contribution in [0.15, 0.2) is 30.6 Å². The van der Waals surface area contributed by atoms with Crippen molar-refractivity contribution in [3.05, 3.63) is 36.3 Å². The van der Waals surface area contributed by atoms with E-state index in [0.29, 0.717) is 22.8 Å². The van der Waals surface area contributed by atoms with Crippen molar-refractivity contribution in [3.63, 3.8) is 0 Å². The molecule has 1 saturated heterocycles. The number of nitrogens with one attached hydrogen (secondary N) is 3. The summed E-state index contributed by atoms with van der Waals surface area (Å²) in [5.74, 6) is 0.375. The zero-order valence-electron chi connectivity index (χ0n) is 21.5. The molecule has 0 bridgehead atoms. The number of aryl methyl sites for hydroxylation is 1. The predicted molar refractivity (Wildman–Crippen MR) is 144 cm³/mol. The lowest BCUT2D eigenvalue weighted by Gasteiger charge is -2.39. The second-order valence-corrected chi connectivity index (χ2v) is 9.81. The summed E-state index contributed by atoms with van der Waals surface area (Å²) in [6.45, 7) is -0.711. The Morgan fingerprint density at radius 2 is 1.97 bits per heavy atom. The molecule has 0 radical (unpaired) electrons. The lowest BCUT2D eigenvalue weighted by molar-refractivity contribution is 0.0442. The number of urea groups is 1. The highest BCUT2D eigenvalue weighted by molar-refractivity contribution is 6.60. The van der Waals surface area contributed by atoms with Gasteiger partial charge in [-0.1, -0.05) is 6.07 Å². The third-order valence-electron chi connectivity index (χ3n) is 5.43. The number of nitriles is 1. The minimum absolute atomic E-state index is 0.0136. The van der Waals surface area contributed by atoms with Crippen molar-refractivity contribution >= 4 is 52.7 Å². The largest absolute Gasteiger partial charge is 0.494 e. The molecule has 192 valence electrons. The number of carbonyl (C=O) groups is 2. The van der Waals surface area contributed by atoms with Crippen LogP contribution in [0.1, 0.15) is 10.5 Å². The zero-order chi connectivity index (χ0) is 27.7. The summed E-state index contributed by atoms with van der Waals surface area (Å²) >= 11 is 0. The van der Waals surface area contributed by atoms with E-state index in [4.69, 9.17) is 10.00 Å². The van der Waals surface area contributed by atoms with E-state index >= 15 is 0 Å². The first-order valence-corrected chi connectivity index (χ1v) is 11.6. The van der Waals surface area contributed by atoms with Crippen LogP contribution >= 0.6 is 0 Å². The molecule has 17 heteroatoms. The van der Waals surface area contributed by atoms with Crippen LogP contribution < -0.4 is 20.7 Å². The molecule has 0 saturated carbocycles. The molecule has 0 aliphatic carbocycles. The molecule has 1 aromatic carbocycles. The van der Waals surface area contributed by atoms with E-state index in [9.17, 15) is 14.0 Å². The Hall–Kier alpha value is -4.61. The van der Waals surface area contributed by atoms with E-state index in [-0.39, 0.29) is 30.3 Å². The number of halogens is 1. The first kappa shape index (κ1) is 26.5. The maximum atomic E-state index is 13.9.